The average Bonchev–Trinajstić information content (AvgIpc) is 3.18. The maximum atomic E-state index is 11.4. The fourth-order valence-corrected chi connectivity index (χ4v) is 4.17. The normalized spacial score (nSPS) is 12.1. The van der Waals surface area contributed by atoms with Crippen molar-refractivity contribution in [2.75, 3.05) is 0 Å². The number of benzene rings is 3. The van der Waals surface area contributed by atoms with Gasteiger partial charge in [0, 0.05) is 18.1 Å². The van der Waals surface area contributed by atoms with Crippen molar-refractivity contribution in [3.05, 3.63) is 119 Å². The summed E-state index contributed by atoms with van der Waals surface area (Å²) in [6.07, 6.45) is 3.71. The zero-order valence-corrected chi connectivity index (χ0v) is 18.8. The molecule has 0 aliphatic carbocycles. The number of rotatable bonds is 7. The summed E-state index contributed by atoms with van der Waals surface area (Å²) >= 11 is 0. The van der Waals surface area contributed by atoms with Crippen LogP contribution < -0.4 is 5.48 Å². The van der Waals surface area contributed by atoms with Crippen LogP contribution in [0.1, 0.15) is 41.2 Å². The van der Waals surface area contributed by atoms with Gasteiger partial charge in [-0.25, -0.2) is 10.5 Å². The zero-order valence-electron chi connectivity index (χ0n) is 18.8. The van der Waals surface area contributed by atoms with Gasteiger partial charge in [0.1, 0.15) is 5.82 Å². The minimum Gasteiger partial charge on any atom is -0.321 e. The third-order valence-corrected chi connectivity index (χ3v) is 5.74. The maximum absolute atomic E-state index is 11.4. The number of hydroxylamine groups is 1. The Balaban J connectivity index is 1.84. The molecule has 1 heterocycles. The molecule has 0 aliphatic heterocycles. The number of carbonyl (C=O) groups is 1. The first-order valence-corrected chi connectivity index (χ1v) is 11.0. The van der Waals surface area contributed by atoms with Gasteiger partial charge >= 0.3 is 0 Å². The topological polar surface area (TPSA) is 67.2 Å². The molecule has 4 rings (SSSR count). The van der Waals surface area contributed by atoms with Gasteiger partial charge in [-0.3, -0.25) is 10.0 Å². The predicted octanol–water partition coefficient (Wildman–Crippen LogP) is 5.58. The Labute approximate surface area is 194 Å². The molecule has 0 bridgehead atoms. The van der Waals surface area contributed by atoms with Crippen molar-refractivity contribution in [1.29, 1.82) is 0 Å². The summed E-state index contributed by atoms with van der Waals surface area (Å²) in [7, 11) is 0. The van der Waals surface area contributed by atoms with Crippen molar-refractivity contribution in [2.24, 2.45) is 0 Å². The largest absolute Gasteiger partial charge is 0.321 e. The molecule has 5 heteroatoms. The van der Waals surface area contributed by atoms with Crippen molar-refractivity contribution in [2.45, 2.75) is 26.3 Å². The molecule has 1 atom stereocenters. The molecule has 33 heavy (non-hydrogen) atoms. The number of carbonyl (C=O) groups excluding carboxylic acids is 1. The molecule has 0 radical (unpaired) electrons. The molecule has 0 spiro atoms. The van der Waals surface area contributed by atoms with E-state index in [-0.39, 0.29) is 6.04 Å². The van der Waals surface area contributed by atoms with E-state index in [1.165, 1.54) is 17.2 Å². The Morgan fingerprint density at radius 3 is 2.42 bits per heavy atom. The second-order valence-electron chi connectivity index (χ2n) is 8.01. The van der Waals surface area contributed by atoms with Gasteiger partial charge in [-0.05, 0) is 42.7 Å². The highest BCUT2D eigenvalue weighted by Gasteiger charge is 2.21. The smallest absolute Gasteiger partial charge is 0.267 e. The number of imidazole rings is 1. The predicted molar refractivity (Wildman–Crippen MR) is 131 cm³/mol. The van der Waals surface area contributed by atoms with Crippen LogP contribution in [0.2, 0.25) is 0 Å². The van der Waals surface area contributed by atoms with Crippen molar-refractivity contribution < 1.29 is 10.0 Å². The van der Waals surface area contributed by atoms with Crippen molar-refractivity contribution in [3.63, 3.8) is 0 Å². The van der Waals surface area contributed by atoms with Crippen molar-refractivity contribution >= 4 is 12.0 Å². The molecule has 0 aliphatic rings. The minimum absolute atomic E-state index is 0.0950. The van der Waals surface area contributed by atoms with Gasteiger partial charge in [-0.15, -0.1) is 0 Å². The Kier molecular flexibility index (Phi) is 6.81. The van der Waals surface area contributed by atoms with E-state index in [1.807, 2.05) is 49.4 Å². The molecule has 166 valence electrons. The molecular formula is C28H27N3O2. The molecule has 5 nitrogen and oxygen atoms in total. The van der Waals surface area contributed by atoms with Gasteiger partial charge in [0.25, 0.3) is 5.91 Å². The standard InChI is InChI=1S/C28H27N3O2/c1-20(24-13-7-4-8-14-24)31-21(2)29-26(19-22-10-5-3-6-11-22)28(31)25-15-9-12-23(18-25)16-17-27(32)30-33/h3-18,20,33H,19H2,1-2H3,(H,30,32). The summed E-state index contributed by atoms with van der Waals surface area (Å²) in [6, 6.07) is 28.9. The second-order valence-corrected chi connectivity index (χ2v) is 8.01. The molecule has 1 amide bonds. The summed E-state index contributed by atoms with van der Waals surface area (Å²) in [6.45, 7) is 4.24. The van der Waals surface area contributed by atoms with E-state index in [2.05, 4.69) is 54.0 Å². The molecule has 1 aromatic heterocycles. The van der Waals surface area contributed by atoms with Crippen LogP contribution in [0, 0.1) is 6.92 Å². The number of nitrogens with one attached hydrogen (secondary N) is 1. The Morgan fingerprint density at radius 1 is 1.03 bits per heavy atom. The molecule has 0 saturated carbocycles. The van der Waals surface area contributed by atoms with E-state index in [4.69, 9.17) is 10.2 Å². The quantitative estimate of drug-likeness (QED) is 0.225. The third kappa shape index (κ3) is 5.10. The lowest BCUT2D eigenvalue weighted by atomic mass is 10.0. The van der Waals surface area contributed by atoms with Gasteiger partial charge in [0.05, 0.1) is 17.4 Å². The Hall–Kier alpha value is -3.96. The highest BCUT2D eigenvalue weighted by Crippen LogP contribution is 2.33. The van der Waals surface area contributed by atoms with E-state index in [9.17, 15) is 4.79 Å². The second kappa shape index (κ2) is 10.1. The number of aromatic nitrogens is 2. The van der Waals surface area contributed by atoms with Gasteiger partial charge in [0.15, 0.2) is 0 Å². The van der Waals surface area contributed by atoms with Crippen LogP contribution in [0.4, 0.5) is 0 Å². The lowest BCUT2D eigenvalue weighted by Gasteiger charge is -2.20. The number of nitrogens with zero attached hydrogens (tertiary/aromatic N) is 2. The van der Waals surface area contributed by atoms with Crippen LogP contribution in [0.25, 0.3) is 17.3 Å². The van der Waals surface area contributed by atoms with Gasteiger partial charge in [-0.2, -0.15) is 0 Å². The van der Waals surface area contributed by atoms with Gasteiger partial charge < -0.3 is 4.57 Å². The van der Waals surface area contributed by atoms with Crippen LogP contribution in [0.5, 0.6) is 0 Å². The van der Waals surface area contributed by atoms with Crippen LogP contribution in [0.15, 0.2) is 91.0 Å². The van der Waals surface area contributed by atoms with Crippen LogP contribution in [-0.4, -0.2) is 20.7 Å². The number of aryl methyl sites for hydroxylation is 1. The number of hydrogen-bond acceptors (Lipinski definition) is 3. The first kappa shape index (κ1) is 22.2. The highest BCUT2D eigenvalue weighted by molar-refractivity contribution is 5.91. The lowest BCUT2D eigenvalue weighted by molar-refractivity contribution is -0.124. The molecule has 4 aromatic rings. The lowest BCUT2D eigenvalue weighted by Crippen LogP contribution is -2.14. The monoisotopic (exact) mass is 437 g/mol. The fraction of sp³-hybridized carbons (Fsp3) is 0.143. The van der Waals surface area contributed by atoms with Crippen molar-refractivity contribution in [1.82, 2.24) is 15.0 Å². The summed E-state index contributed by atoms with van der Waals surface area (Å²) in [5.41, 5.74) is 7.99. The SMILES string of the molecule is Cc1nc(Cc2ccccc2)c(-c2cccc(C=CC(=O)NO)c2)n1C(C)c1ccccc1. The molecule has 2 N–H and O–H groups in total. The van der Waals surface area contributed by atoms with Gasteiger partial charge in [0.2, 0.25) is 0 Å². The highest BCUT2D eigenvalue weighted by atomic mass is 16.5. The molecule has 0 saturated heterocycles. The zero-order chi connectivity index (χ0) is 23.2. The average molecular weight is 438 g/mol. The third-order valence-electron chi connectivity index (χ3n) is 5.74. The summed E-state index contributed by atoms with van der Waals surface area (Å²) in [5.74, 6) is 0.386. The summed E-state index contributed by atoms with van der Waals surface area (Å²) < 4.78 is 2.29. The first-order chi connectivity index (χ1) is 16.1. The minimum atomic E-state index is -0.566. The van der Waals surface area contributed by atoms with E-state index >= 15 is 0 Å². The summed E-state index contributed by atoms with van der Waals surface area (Å²) in [5, 5.41) is 8.77. The van der Waals surface area contributed by atoms with E-state index in [0.717, 1.165) is 34.8 Å². The van der Waals surface area contributed by atoms with Crippen LogP contribution in [0.3, 0.4) is 0 Å². The molecule has 3 aromatic carbocycles. The van der Waals surface area contributed by atoms with E-state index in [1.54, 1.807) is 11.6 Å². The van der Waals surface area contributed by atoms with Crippen LogP contribution >= 0.6 is 0 Å². The molecule has 1 unspecified atom stereocenters. The Bertz CT molecular complexity index is 1260. The van der Waals surface area contributed by atoms with E-state index < -0.39 is 5.91 Å². The number of hydrogen-bond donors (Lipinski definition) is 2. The summed E-state index contributed by atoms with van der Waals surface area (Å²) in [4.78, 5) is 16.4. The van der Waals surface area contributed by atoms with E-state index in [0.29, 0.717) is 0 Å². The first-order valence-electron chi connectivity index (χ1n) is 11.0. The van der Waals surface area contributed by atoms with Gasteiger partial charge in [-0.1, -0.05) is 78.9 Å². The molecule has 0 fully saturated rings. The molecular weight excluding hydrogens is 410 g/mol. The number of amides is 1. The fourth-order valence-electron chi connectivity index (χ4n) is 4.17. The Morgan fingerprint density at radius 2 is 1.73 bits per heavy atom. The van der Waals surface area contributed by atoms with Crippen molar-refractivity contribution in [3.8, 4) is 11.3 Å². The maximum Gasteiger partial charge on any atom is 0.267 e. The van der Waals surface area contributed by atoms with Crippen LogP contribution in [-0.2, 0) is 11.2 Å².